The van der Waals surface area contributed by atoms with Crippen LogP contribution in [0.5, 0.6) is 0 Å². The number of aryl methyl sites for hydroxylation is 1. The van der Waals surface area contributed by atoms with Crippen LogP contribution < -0.4 is 10.2 Å². The van der Waals surface area contributed by atoms with E-state index < -0.39 is 17.6 Å². The summed E-state index contributed by atoms with van der Waals surface area (Å²) >= 11 is 7.21. The Hall–Kier alpha value is -1.80. The van der Waals surface area contributed by atoms with E-state index in [4.69, 9.17) is 11.6 Å². The summed E-state index contributed by atoms with van der Waals surface area (Å²) in [5, 5.41) is 3.35. The molecule has 1 heterocycles. The van der Waals surface area contributed by atoms with Gasteiger partial charge in [-0.3, -0.25) is 4.79 Å². The molecule has 1 aromatic heterocycles. The molecule has 0 atom stereocenters. The number of amides is 1. The Morgan fingerprint density at radius 1 is 1.32 bits per heavy atom. The molecule has 0 radical (unpaired) electrons. The molecule has 9 heteroatoms. The highest BCUT2D eigenvalue weighted by molar-refractivity contribution is 7.15. The molecule has 0 aliphatic rings. The lowest BCUT2D eigenvalue weighted by Gasteiger charge is -2.10. The van der Waals surface area contributed by atoms with Gasteiger partial charge in [-0.25, -0.2) is 4.98 Å². The van der Waals surface area contributed by atoms with Crippen molar-refractivity contribution in [2.75, 3.05) is 25.5 Å². The lowest BCUT2D eigenvalue weighted by atomic mass is 10.1. The van der Waals surface area contributed by atoms with Gasteiger partial charge < -0.3 is 10.2 Å². The third-order valence-electron chi connectivity index (χ3n) is 3.39. The maximum Gasteiger partial charge on any atom is 0.416 e. The molecule has 0 unspecified atom stereocenters. The summed E-state index contributed by atoms with van der Waals surface area (Å²) in [7, 11) is 3.78. The minimum Gasteiger partial charge on any atom is -0.354 e. The Morgan fingerprint density at radius 3 is 2.56 bits per heavy atom. The fourth-order valence-corrected chi connectivity index (χ4v) is 3.33. The van der Waals surface area contributed by atoms with Crippen LogP contribution in [0.25, 0.3) is 0 Å². The highest BCUT2D eigenvalue weighted by Gasteiger charge is 2.31. The second-order valence-corrected chi connectivity index (χ2v) is 7.13. The van der Waals surface area contributed by atoms with E-state index in [0.29, 0.717) is 13.0 Å². The van der Waals surface area contributed by atoms with Crippen molar-refractivity contribution in [1.82, 2.24) is 10.3 Å². The lowest BCUT2D eigenvalue weighted by molar-refractivity contribution is -0.137. The average molecular weight is 392 g/mol. The van der Waals surface area contributed by atoms with Crippen LogP contribution in [0.3, 0.4) is 0 Å². The van der Waals surface area contributed by atoms with Crippen molar-refractivity contribution in [3.8, 4) is 0 Å². The average Bonchev–Trinajstić information content (AvgIpc) is 2.87. The predicted octanol–water partition coefficient (Wildman–Crippen LogP) is 4.16. The first-order valence-corrected chi connectivity index (χ1v) is 8.57. The first-order chi connectivity index (χ1) is 11.6. The molecule has 25 heavy (non-hydrogen) atoms. The molecule has 1 N–H and O–H groups in total. The largest absolute Gasteiger partial charge is 0.416 e. The van der Waals surface area contributed by atoms with Gasteiger partial charge in [0.25, 0.3) is 5.91 Å². The second-order valence-electron chi connectivity index (χ2n) is 5.63. The fraction of sp³-hybridized carbons (Fsp3) is 0.375. The Labute approximate surface area is 152 Å². The number of hydrogen-bond acceptors (Lipinski definition) is 4. The number of nitrogens with zero attached hydrogens (tertiary/aromatic N) is 2. The van der Waals surface area contributed by atoms with Gasteiger partial charge in [0.15, 0.2) is 5.13 Å². The van der Waals surface area contributed by atoms with Crippen molar-refractivity contribution < 1.29 is 18.0 Å². The van der Waals surface area contributed by atoms with E-state index in [9.17, 15) is 18.0 Å². The van der Waals surface area contributed by atoms with Crippen LogP contribution >= 0.6 is 22.9 Å². The number of halogens is 4. The smallest absolute Gasteiger partial charge is 0.354 e. The number of alkyl halides is 3. The van der Waals surface area contributed by atoms with Gasteiger partial charge in [0.1, 0.15) is 0 Å². The zero-order valence-electron chi connectivity index (χ0n) is 13.9. The standard InChI is InChI=1S/C16H17ClF3N3OS/c1-9-13(25-15(22-9)23(2)3)4-5-21-14(24)10-6-11(16(18,19)20)8-12(17)7-10/h6-8H,4-5H2,1-3H3,(H,21,24). The summed E-state index contributed by atoms with van der Waals surface area (Å²) in [4.78, 5) is 19.4. The van der Waals surface area contributed by atoms with E-state index in [-0.39, 0.29) is 10.6 Å². The summed E-state index contributed by atoms with van der Waals surface area (Å²) in [5.74, 6) is -0.594. The van der Waals surface area contributed by atoms with E-state index in [0.717, 1.165) is 27.8 Å². The minimum atomic E-state index is -4.55. The van der Waals surface area contributed by atoms with Gasteiger partial charge >= 0.3 is 6.18 Å². The molecule has 0 saturated heterocycles. The number of anilines is 1. The molecule has 1 aromatic carbocycles. The molecule has 0 aliphatic carbocycles. The molecule has 0 bridgehead atoms. The van der Waals surface area contributed by atoms with Crippen LogP contribution in [0.2, 0.25) is 5.02 Å². The molecule has 0 saturated carbocycles. The minimum absolute atomic E-state index is 0.116. The predicted molar refractivity (Wildman–Crippen MR) is 93.7 cm³/mol. The van der Waals surface area contributed by atoms with Gasteiger partial charge in [-0.05, 0) is 25.1 Å². The molecule has 4 nitrogen and oxygen atoms in total. The maximum absolute atomic E-state index is 12.8. The SMILES string of the molecule is Cc1nc(N(C)C)sc1CCNC(=O)c1cc(Cl)cc(C(F)(F)F)c1. The number of aromatic nitrogens is 1. The summed E-state index contributed by atoms with van der Waals surface area (Å²) < 4.78 is 38.4. The molecular formula is C16H17ClF3N3OS. The Balaban J connectivity index is 2.02. The second kappa shape index (κ2) is 7.61. The van der Waals surface area contributed by atoms with E-state index in [1.807, 2.05) is 25.9 Å². The van der Waals surface area contributed by atoms with E-state index in [1.54, 1.807) is 0 Å². The van der Waals surface area contributed by atoms with Gasteiger partial charge in [-0.15, -0.1) is 11.3 Å². The maximum atomic E-state index is 12.8. The highest BCUT2D eigenvalue weighted by Crippen LogP contribution is 2.32. The van der Waals surface area contributed by atoms with Crippen LogP contribution in [0.1, 0.15) is 26.5 Å². The number of hydrogen-bond donors (Lipinski definition) is 1. The van der Waals surface area contributed by atoms with Gasteiger partial charge in [-0.2, -0.15) is 13.2 Å². The Kier molecular flexibility index (Phi) is 5.95. The van der Waals surface area contributed by atoms with Crippen LogP contribution in [0.4, 0.5) is 18.3 Å². The molecule has 1 amide bonds. The van der Waals surface area contributed by atoms with Crippen molar-refractivity contribution in [2.45, 2.75) is 19.5 Å². The van der Waals surface area contributed by atoms with E-state index >= 15 is 0 Å². The van der Waals surface area contributed by atoms with Crippen molar-refractivity contribution in [3.05, 3.63) is 44.9 Å². The van der Waals surface area contributed by atoms with Crippen LogP contribution in [-0.2, 0) is 12.6 Å². The number of benzene rings is 1. The number of carbonyl (C=O) groups is 1. The zero-order chi connectivity index (χ0) is 18.8. The van der Waals surface area contributed by atoms with Gasteiger partial charge in [-0.1, -0.05) is 11.6 Å². The van der Waals surface area contributed by atoms with Crippen molar-refractivity contribution >= 4 is 34.0 Å². The first-order valence-electron chi connectivity index (χ1n) is 7.37. The van der Waals surface area contributed by atoms with E-state index in [2.05, 4.69) is 10.3 Å². The zero-order valence-corrected chi connectivity index (χ0v) is 15.4. The lowest BCUT2D eigenvalue weighted by Crippen LogP contribution is -2.26. The van der Waals surface area contributed by atoms with Crippen LogP contribution in [0, 0.1) is 6.92 Å². The number of nitrogens with one attached hydrogen (secondary N) is 1. The molecular weight excluding hydrogens is 375 g/mol. The quantitative estimate of drug-likeness (QED) is 0.832. The Bertz CT molecular complexity index is 774. The molecule has 2 rings (SSSR count). The highest BCUT2D eigenvalue weighted by atomic mass is 35.5. The molecule has 2 aromatic rings. The Morgan fingerprint density at radius 2 is 2.00 bits per heavy atom. The number of rotatable bonds is 5. The van der Waals surface area contributed by atoms with Crippen molar-refractivity contribution in [3.63, 3.8) is 0 Å². The van der Waals surface area contributed by atoms with Crippen LogP contribution in [-0.4, -0.2) is 31.5 Å². The number of thiazole rings is 1. The summed E-state index contributed by atoms with van der Waals surface area (Å²) in [6.45, 7) is 2.18. The topological polar surface area (TPSA) is 45.2 Å². The summed E-state index contributed by atoms with van der Waals surface area (Å²) in [5.41, 5.74) is -0.182. The van der Waals surface area contributed by atoms with E-state index in [1.165, 1.54) is 17.4 Å². The van der Waals surface area contributed by atoms with Gasteiger partial charge in [0, 0.05) is 42.5 Å². The third kappa shape index (κ3) is 5.09. The van der Waals surface area contributed by atoms with Crippen molar-refractivity contribution in [1.29, 1.82) is 0 Å². The summed E-state index contributed by atoms with van der Waals surface area (Å²) in [6.07, 6.45) is -4.00. The monoisotopic (exact) mass is 391 g/mol. The van der Waals surface area contributed by atoms with Crippen molar-refractivity contribution in [2.24, 2.45) is 0 Å². The molecule has 0 fully saturated rings. The van der Waals surface area contributed by atoms with Gasteiger partial charge in [0.05, 0.1) is 11.3 Å². The third-order valence-corrected chi connectivity index (χ3v) is 4.99. The normalized spacial score (nSPS) is 11.5. The molecule has 136 valence electrons. The number of carbonyl (C=O) groups excluding carboxylic acids is 1. The van der Waals surface area contributed by atoms with Gasteiger partial charge in [0.2, 0.25) is 0 Å². The fourth-order valence-electron chi connectivity index (χ4n) is 2.11. The van der Waals surface area contributed by atoms with Crippen LogP contribution in [0.15, 0.2) is 18.2 Å². The molecule has 0 spiro atoms. The summed E-state index contributed by atoms with van der Waals surface area (Å²) in [6, 6.07) is 2.80. The molecule has 0 aliphatic heterocycles. The first kappa shape index (κ1) is 19.5.